The zero-order chi connectivity index (χ0) is 11.4. The lowest BCUT2D eigenvalue weighted by Gasteiger charge is -2.19. The van der Waals surface area contributed by atoms with Crippen LogP contribution in [-0.4, -0.2) is 25.9 Å². The zero-order valence-electron chi connectivity index (χ0n) is 9.79. The molecule has 0 aliphatic rings. The molecule has 0 spiro atoms. The molecule has 0 radical (unpaired) electrons. The lowest BCUT2D eigenvalue weighted by Crippen LogP contribution is -2.21. The van der Waals surface area contributed by atoms with E-state index < -0.39 is 0 Å². The van der Waals surface area contributed by atoms with E-state index in [9.17, 15) is 5.11 Å². The van der Waals surface area contributed by atoms with Crippen molar-refractivity contribution in [1.82, 2.24) is 5.32 Å². The molecule has 0 bridgehead atoms. The Morgan fingerprint density at radius 2 is 2.00 bits per heavy atom. The molecule has 1 unspecified atom stereocenters. The summed E-state index contributed by atoms with van der Waals surface area (Å²) in [6, 6.07) is 3.94. The van der Waals surface area contributed by atoms with E-state index in [0.717, 1.165) is 16.9 Å². The quantitative estimate of drug-likeness (QED) is 0.790. The maximum atomic E-state index is 9.23. The Labute approximate surface area is 91.1 Å². The minimum atomic E-state index is -0.00499. The largest absolute Gasteiger partial charge is 0.496 e. The van der Waals surface area contributed by atoms with Gasteiger partial charge in [-0.15, -0.1) is 0 Å². The first-order chi connectivity index (χ1) is 7.15. The van der Waals surface area contributed by atoms with Crippen LogP contribution in [0.3, 0.4) is 0 Å². The number of rotatable bonds is 4. The first kappa shape index (κ1) is 12.0. The van der Waals surface area contributed by atoms with E-state index in [2.05, 4.69) is 5.32 Å². The van der Waals surface area contributed by atoms with Crippen molar-refractivity contribution in [2.75, 3.05) is 20.8 Å². The normalized spacial score (nSPS) is 12.6. The summed E-state index contributed by atoms with van der Waals surface area (Å²) in [5, 5.41) is 12.3. The van der Waals surface area contributed by atoms with E-state index in [1.54, 1.807) is 7.11 Å². The zero-order valence-corrected chi connectivity index (χ0v) is 9.79. The molecule has 0 aromatic heterocycles. The van der Waals surface area contributed by atoms with Crippen LogP contribution in [0.15, 0.2) is 12.1 Å². The van der Waals surface area contributed by atoms with Gasteiger partial charge in [0.2, 0.25) is 0 Å². The highest BCUT2D eigenvalue weighted by Gasteiger charge is 2.13. The molecule has 0 aliphatic carbocycles. The van der Waals surface area contributed by atoms with Gasteiger partial charge in [0.1, 0.15) is 5.75 Å². The minimum Gasteiger partial charge on any atom is -0.496 e. The highest BCUT2D eigenvalue weighted by molar-refractivity contribution is 5.44. The second-order valence-electron chi connectivity index (χ2n) is 3.63. The van der Waals surface area contributed by atoms with Crippen molar-refractivity contribution < 1.29 is 9.84 Å². The van der Waals surface area contributed by atoms with Gasteiger partial charge in [-0.3, -0.25) is 0 Å². The molecule has 84 valence electrons. The summed E-state index contributed by atoms with van der Waals surface area (Å²) in [7, 11) is 3.52. The lowest BCUT2D eigenvalue weighted by atomic mass is 9.97. The van der Waals surface area contributed by atoms with Crippen molar-refractivity contribution in [3.8, 4) is 5.75 Å². The van der Waals surface area contributed by atoms with Gasteiger partial charge in [-0.05, 0) is 43.7 Å². The summed E-state index contributed by atoms with van der Waals surface area (Å²) in [6.45, 7) is 4.18. The van der Waals surface area contributed by atoms with Gasteiger partial charge >= 0.3 is 0 Å². The molecule has 1 aromatic rings. The van der Waals surface area contributed by atoms with Crippen LogP contribution < -0.4 is 10.1 Å². The second kappa shape index (κ2) is 5.14. The highest BCUT2D eigenvalue weighted by Crippen LogP contribution is 2.27. The van der Waals surface area contributed by atoms with Gasteiger partial charge in [-0.25, -0.2) is 0 Å². The molecule has 0 fully saturated rings. The predicted octanol–water partition coefficient (Wildman–Crippen LogP) is 1.56. The summed E-state index contributed by atoms with van der Waals surface area (Å²) in [5.74, 6) is 0.893. The summed E-state index contributed by atoms with van der Waals surface area (Å²) in [6.07, 6.45) is 0. The number of methoxy groups -OCH3 is 1. The molecule has 2 N–H and O–H groups in total. The summed E-state index contributed by atoms with van der Waals surface area (Å²) in [5.41, 5.74) is 3.42. The number of aliphatic hydroxyl groups excluding tert-OH is 1. The molecule has 0 saturated carbocycles. The van der Waals surface area contributed by atoms with Gasteiger partial charge in [0, 0.05) is 0 Å². The summed E-state index contributed by atoms with van der Waals surface area (Å²) in [4.78, 5) is 0. The number of nitrogens with one attached hydrogen (secondary N) is 1. The molecular weight excluding hydrogens is 190 g/mol. The Morgan fingerprint density at radius 3 is 2.47 bits per heavy atom. The van der Waals surface area contributed by atoms with Crippen molar-refractivity contribution in [2.45, 2.75) is 19.9 Å². The number of benzene rings is 1. The van der Waals surface area contributed by atoms with E-state index in [0.29, 0.717) is 0 Å². The molecular formula is C12H19NO2. The Balaban J connectivity index is 3.16. The molecule has 0 heterocycles. The Bertz CT molecular complexity index is 333. The van der Waals surface area contributed by atoms with Gasteiger partial charge < -0.3 is 15.2 Å². The third-order valence-electron chi connectivity index (χ3n) is 2.91. The fraction of sp³-hybridized carbons (Fsp3) is 0.500. The fourth-order valence-electron chi connectivity index (χ4n) is 1.76. The van der Waals surface area contributed by atoms with Crippen LogP contribution in [0, 0.1) is 13.8 Å². The lowest BCUT2D eigenvalue weighted by molar-refractivity contribution is 0.250. The van der Waals surface area contributed by atoms with E-state index in [1.807, 2.05) is 33.0 Å². The second-order valence-corrected chi connectivity index (χ2v) is 3.63. The van der Waals surface area contributed by atoms with Crippen molar-refractivity contribution in [1.29, 1.82) is 0 Å². The topological polar surface area (TPSA) is 41.5 Å². The number of likely N-dealkylation sites (N-methyl/N-ethyl adjacent to an activating group) is 1. The molecule has 0 saturated heterocycles. The summed E-state index contributed by atoms with van der Waals surface area (Å²) >= 11 is 0. The molecule has 1 atom stereocenters. The molecule has 0 aliphatic heterocycles. The number of aliphatic hydroxyl groups is 1. The molecule has 3 nitrogen and oxygen atoms in total. The maximum absolute atomic E-state index is 9.23. The van der Waals surface area contributed by atoms with Crippen molar-refractivity contribution >= 4 is 0 Å². The van der Waals surface area contributed by atoms with E-state index in [4.69, 9.17) is 4.74 Å². The first-order valence-corrected chi connectivity index (χ1v) is 5.07. The third kappa shape index (κ3) is 2.30. The van der Waals surface area contributed by atoms with Crippen molar-refractivity contribution in [3.63, 3.8) is 0 Å². The minimum absolute atomic E-state index is 0.00499. The summed E-state index contributed by atoms with van der Waals surface area (Å²) < 4.78 is 5.24. The van der Waals surface area contributed by atoms with Crippen LogP contribution in [0.2, 0.25) is 0 Å². The monoisotopic (exact) mass is 209 g/mol. The Hall–Kier alpha value is -1.06. The van der Waals surface area contributed by atoms with Gasteiger partial charge in [0.25, 0.3) is 0 Å². The standard InChI is InChI=1S/C12H19NO2/c1-8-9(2)12(15-4)6-5-10(8)11(7-14)13-3/h5-6,11,13-14H,7H2,1-4H3. The first-order valence-electron chi connectivity index (χ1n) is 5.07. The van der Waals surface area contributed by atoms with Crippen LogP contribution in [0.5, 0.6) is 5.75 Å². The van der Waals surface area contributed by atoms with Crippen LogP contribution in [0.4, 0.5) is 0 Å². The maximum Gasteiger partial charge on any atom is 0.122 e. The third-order valence-corrected chi connectivity index (χ3v) is 2.91. The van der Waals surface area contributed by atoms with Crippen molar-refractivity contribution in [2.24, 2.45) is 0 Å². The molecule has 1 aromatic carbocycles. The average Bonchev–Trinajstić information content (AvgIpc) is 2.26. The van der Waals surface area contributed by atoms with Crippen LogP contribution in [0.1, 0.15) is 22.7 Å². The van der Waals surface area contributed by atoms with Gasteiger partial charge in [0.15, 0.2) is 0 Å². The Kier molecular flexibility index (Phi) is 4.12. The predicted molar refractivity (Wildman–Crippen MR) is 61.4 cm³/mol. The smallest absolute Gasteiger partial charge is 0.122 e. The molecule has 1 rings (SSSR count). The number of hydrogen-bond donors (Lipinski definition) is 2. The van der Waals surface area contributed by atoms with Gasteiger partial charge in [0.05, 0.1) is 19.8 Å². The van der Waals surface area contributed by atoms with Gasteiger partial charge in [-0.2, -0.15) is 0 Å². The molecule has 0 amide bonds. The average molecular weight is 209 g/mol. The van der Waals surface area contributed by atoms with Crippen molar-refractivity contribution in [3.05, 3.63) is 28.8 Å². The SMILES string of the molecule is CNC(CO)c1ccc(OC)c(C)c1C. The highest BCUT2D eigenvalue weighted by atomic mass is 16.5. The fourth-order valence-corrected chi connectivity index (χ4v) is 1.76. The van der Waals surface area contributed by atoms with E-state index in [1.165, 1.54) is 5.56 Å². The van der Waals surface area contributed by atoms with E-state index in [-0.39, 0.29) is 12.6 Å². The molecule has 15 heavy (non-hydrogen) atoms. The molecule has 3 heteroatoms. The van der Waals surface area contributed by atoms with Crippen LogP contribution in [-0.2, 0) is 0 Å². The van der Waals surface area contributed by atoms with Gasteiger partial charge in [-0.1, -0.05) is 6.07 Å². The Morgan fingerprint density at radius 1 is 1.33 bits per heavy atom. The number of hydrogen-bond acceptors (Lipinski definition) is 3. The van der Waals surface area contributed by atoms with E-state index >= 15 is 0 Å². The van der Waals surface area contributed by atoms with Crippen LogP contribution >= 0.6 is 0 Å². The van der Waals surface area contributed by atoms with Crippen LogP contribution in [0.25, 0.3) is 0 Å². The number of ether oxygens (including phenoxy) is 1.